The number of benzene rings is 2. The van der Waals surface area contributed by atoms with Gasteiger partial charge in [-0.3, -0.25) is 4.79 Å². The van der Waals surface area contributed by atoms with Crippen molar-refractivity contribution in [1.82, 2.24) is 5.32 Å². The summed E-state index contributed by atoms with van der Waals surface area (Å²) in [6.45, 7) is 4.37. The molecule has 1 atom stereocenters. The molecule has 1 unspecified atom stereocenters. The minimum Gasteiger partial charge on any atom is -0.497 e. The summed E-state index contributed by atoms with van der Waals surface area (Å²) in [5, 5.41) is 2.98. The van der Waals surface area contributed by atoms with Crippen molar-refractivity contribution in [2.45, 2.75) is 19.9 Å². The Kier molecular flexibility index (Phi) is 6.07. The van der Waals surface area contributed by atoms with Crippen molar-refractivity contribution in [1.29, 1.82) is 0 Å². The van der Waals surface area contributed by atoms with Crippen LogP contribution in [-0.4, -0.2) is 26.7 Å². The summed E-state index contributed by atoms with van der Waals surface area (Å²) >= 11 is 0. The van der Waals surface area contributed by atoms with Crippen LogP contribution in [0.2, 0.25) is 0 Å². The topological polar surface area (TPSA) is 56.8 Å². The Morgan fingerprint density at radius 1 is 1.08 bits per heavy atom. The number of ether oxygens (including phenoxy) is 3. The highest BCUT2D eigenvalue weighted by molar-refractivity contribution is 5.94. The molecule has 0 bridgehead atoms. The standard InChI is InChI=1S/C19H23NO4/c1-5-24-16-8-6-7-14(11-16)19(21)20-13(2)17-12-15(22-3)9-10-18(17)23-4/h6-13H,5H2,1-4H3,(H,20,21). The molecule has 0 aliphatic carbocycles. The van der Waals surface area contributed by atoms with Gasteiger partial charge in [0.05, 0.1) is 26.9 Å². The fraction of sp³-hybridized carbons (Fsp3) is 0.316. The molecule has 5 heteroatoms. The van der Waals surface area contributed by atoms with Gasteiger partial charge in [-0.2, -0.15) is 0 Å². The lowest BCUT2D eigenvalue weighted by molar-refractivity contribution is 0.0939. The number of carbonyl (C=O) groups excluding carboxylic acids is 1. The minimum atomic E-state index is -0.238. The van der Waals surface area contributed by atoms with Crippen LogP contribution in [0.1, 0.15) is 35.8 Å². The molecule has 128 valence electrons. The number of methoxy groups -OCH3 is 2. The molecule has 2 rings (SSSR count). The van der Waals surface area contributed by atoms with Crippen LogP contribution in [0.3, 0.4) is 0 Å². The second kappa shape index (κ2) is 8.24. The third kappa shape index (κ3) is 4.19. The van der Waals surface area contributed by atoms with E-state index in [2.05, 4.69) is 5.32 Å². The van der Waals surface area contributed by atoms with Crippen LogP contribution in [0.5, 0.6) is 17.2 Å². The lowest BCUT2D eigenvalue weighted by Crippen LogP contribution is -2.27. The van der Waals surface area contributed by atoms with Gasteiger partial charge in [-0.15, -0.1) is 0 Å². The number of nitrogens with one attached hydrogen (secondary N) is 1. The van der Waals surface area contributed by atoms with Gasteiger partial charge in [0.15, 0.2) is 0 Å². The molecule has 0 aliphatic heterocycles. The monoisotopic (exact) mass is 329 g/mol. The molecule has 0 saturated heterocycles. The van der Waals surface area contributed by atoms with Crippen molar-refractivity contribution < 1.29 is 19.0 Å². The molecule has 0 aromatic heterocycles. The summed E-state index contributed by atoms with van der Waals surface area (Å²) in [5.41, 5.74) is 1.40. The average molecular weight is 329 g/mol. The van der Waals surface area contributed by atoms with Crippen LogP contribution in [0, 0.1) is 0 Å². The van der Waals surface area contributed by atoms with E-state index >= 15 is 0 Å². The maximum absolute atomic E-state index is 12.5. The number of carbonyl (C=O) groups is 1. The van der Waals surface area contributed by atoms with E-state index in [4.69, 9.17) is 14.2 Å². The zero-order valence-electron chi connectivity index (χ0n) is 14.5. The zero-order chi connectivity index (χ0) is 17.5. The highest BCUT2D eigenvalue weighted by Crippen LogP contribution is 2.29. The molecule has 1 amide bonds. The first kappa shape index (κ1) is 17.7. The van der Waals surface area contributed by atoms with Crippen LogP contribution in [0.25, 0.3) is 0 Å². The number of hydrogen-bond acceptors (Lipinski definition) is 4. The fourth-order valence-corrected chi connectivity index (χ4v) is 2.43. The van der Waals surface area contributed by atoms with E-state index in [-0.39, 0.29) is 11.9 Å². The lowest BCUT2D eigenvalue weighted by atomic mass is 10.1. The average Bonchev–Trinajstić information content (AvgIpc) is 2.61. The summed E-state index contributed by atoms with van der Waals surface area (Å²) in [4.78, 5) is 12.5. The second-order valence-corrected chi connectivity index (χ2v) is 5.26. The van der Waals surface area contributed by atoms with Gasteiger partial charge < -0.3 is 19.5 Å². The van der Waals surface area contributed by atoms with E-state index in [0.717, 1.165) is 5.56 Å². The number of amides is 1. The van der Waals surface area contributed by atoms with Gasteiger partial charge in [-0.25, -0.2) is 0 Å². The van der Waals surface area contributed by atoms with Gasteiger partial charge in [0.2, 0.25) is 0 Å². The molecule has 24 heavy (non-hydrogen) atoms. The summed E-state index contributed by atoms with van der Waals surface area (Å²) < 4.78 is 16.1. The first-order valence-electron chi connectivity index (χ1n) is 7.84. The maximum atomic E-state index is 12.5. The lowest BCUT2D eigenvalue weighted by Gasteiger charge is -2.18. The Hall–Kier alpha value is -2.69. The molecule has 0 heterocycles. The van der Waals surface area contributed by atoms with Crippen LogP contribution in [0.4, 0.5) is 0 Å². The van der Waals surface area contributed by atoms with Crippen molar-refractivity contribution in [3.8, 4) is 17.2 Å². The van der Waals surface area contributed by atoms with E-state index in [0.29, 0.717) is 29.4 Å². The first-order valence-corrected chi connectivity index (χ1v) is 7.84. The molecule has 0 spiro atoms. The largest absolute Gasteiger partial charge is 0.497 e. The van der Waals surface area contributed by atoms with E-state index in [1.165, 1.54) is 0 Å². The highest BCUT2D eigenvalue weighted by Gasteiger charge is 2.16. The number of hydrogen-bond donors (Lipinski definition) is 1. The number of rotatable bonds is 7. The van der Waals surface area contributed by atoms with Crippen molar-refractivity contribution >= 4 is 5.91 Å². The quantitative estimate of drug-likeness (QED) is 0.843. The SMILES string of the molecule is CCOc1cccc(C(=O)NC(C)c2cc(OC)ccc2OC)c1. The molecule has 5 nitrogen and oxygen atoms in total. The van der Waals surface area contributed by atoms with E-state index in [9.17, 15) is 4.79 Å². The van der Waals surface area contributed by atoms with E-state index < -0.39 is 0 Å². The predicted octanol–water partition coefficient (Wildman–Crippen LogP) is 3.59. The summed E-state index contributed by atoms with van der Waals surface area (Å²) in [7, 11) is 3.21. The fourth-order valence-electron chi connectivity index (χ4n) is 2.43. The van der Waals surface area contributed by atoms with Gasteiger partial charge in [0, 0.05) is 11.1 Å². The van der Waals surface area contributed by atoms with Crippen LogP contribution < -0.4 is 19.5 Å². The summed E-state index contributed by atoms with van der Waals surface area (Å²) in [6.07, 6.45) is 0. The Morgan fingerprint density at radius 2 is 1.88 bits per heavy atom. The smallest absolute Gasteiger partial charge is 0.251 e. The minimum absolute atomic E-state index is 0.172. The Morgan fingerprint density at radius 3 is 2.54 bits per heavy atom. The normalized spacial score (nSPS) is 11.5. The Bertz CT molecular complexity index is 700. The van der Waals surface area contributed by atoms with Gasteiger partial charge in [0.1, 0.15) is 17.2 Å². The second-order valence-electron chi connectivity index (χ2n) is 5.26. The summed E-state index contributed by atoms with van der Waals surface area (Å²) in [6, 6.07) is 12.4. The third-order valence-corrected chi connectivity index (χ3v) is 3.66. The van der Waals surface area contributed by atoms with Crippen molar-refractivity contribution in [2.24, 2.45) is 0 Å². The summed E-state index contributed by atoms with van der Waals surface area (Å²) in [5.74, 6) is 1.92. The molecule has 0 saturated carbocycles. The van der Waals surface area contributed by atoms with Crippen molar-refractivity contribution in [3.05, 3.63) is 53.6 Å². The Balaban J connectivity index is 2.18. The first-order chi connectivity index (χ1) is 11.6. The molecule has 2 aromatic rings. The molecule has 1 N–H and O–H groups in total. The molecular formula is C19H23NO4. The van der Waals surface area contributed by atoms with Crippen LogP contribution >= 0.6 is 0 Å². The Labute approximate surface area is 142 Å². The van der Waals surface area contributed by atoms with Crippen molar-refractivity contribution in [2.75, 3.05) is 20.8 Å². The van der Waals surface area contributed by atoms with Crippen LogP contribution in [-0.2, 0) is 0 Å². The van der Waals surface area contributed by atoms with Gasteiger partial charge in [-0.05, 0) is 50.2 Å². The molecule has 0 fully saturated rings. The van der Waals surface area contributed by atoms with Gasteiger partial charge in [-0.1, -0.05) is 6.07 Å². The van der Waals surface area contributed by atoms with E-state index in [1.807, 2.05) is 38.1 Å². The van der Waals surface area contributed by atoms with Crippen molar-refractivity contribution in [3.63, 3.8) is 0 Å². The van der Waals surface area contributed by atoms with E-state index in [1.54, 1.807) is 32.4 Å². The van der Waals surface area contributed by atoms with Gasteiger partial charge in [0.25, 0.3) is 5.91 Å². The maximum Gasteiger partial charge on any atom is 0.251 e. The third-order valence-electron chi connectivity index (χ3n) is 3.66. The highest BCUT2D eigenvalue weighted by atomic mass is 16.5. The van der Waals surface area contributed by atoms with Crippen LogP contribution in [0.15, 0.2) is 42.5 Å². The molecule has 0 aliphatic rings. The molecule has 0 radical (unpaired) electrons. The molecule has 2 aromatic carbocycles. The van der Waals surface area contributed by atoms with Gasteiger partial charge >= 0.3 is 0 Å². The predicted molar refractivity (Wildman–Crippen MR) is 93.0 cm³/mol. The zero-order valence-corrected chi connectivity index (χ0v) is 14.5. The molecular weight excluding hydrogens is 306 g/mol.